The summed E-state index contributed by atoms with van der Waals surface area (Å²) in [6.45, 7) is 6.31. The lowest BCUT2D eigenvalue weighted by Crippen LogP contribution is -2.51. The van der Waals surface area contributed by atoms with Crippen LogP contribution in [0.4, 0.5) is 0 Å². The fourth-order valence-electron chi connectivity index (χ4n) is 3.08. The van der Waals surface area contributed by atoms with Crippen molar-refractivity contribution in [3.8, 4) is 0 Å². The van der Waals surface area contributed by atoms with Gasteiger partial charge in [-0.15, -0.1) is 0 Å². The van der Waals surface area contributed by atoms with Crippen LogP contribution in [0.2, 0.25) is 0 Å². The van der Waals surface area contributed by atoms with Gasteiger partial charge in [0.05, 0.1) is 13.2 Å². The quantitative estimate of drug-likeness (QED) is 0.841. The fourth-order valence-corrected chi connectivity index (χ4v) is 3.08. The van der Waals surface area contributed by atoms with Gasteiger partial charge in [-0.2, -0.15) is 0 Å². The zero-order chi connectivity index (χ0) is 13.0. The van der Waals surface area contributed by atoms with Crippen LogP contribution in [0.3, 0.4) is 0 Å². The Labute approximate surface area is 109 Å². The van der Waals surface area contributed by atoms with E-state index in [0.29, 0.717) is 5.92 Å². The monoisotopic (exact) mass is 251 g/mol. The Morgan fingerprint density at radius 1 is 1.61 bits per heavy atom. The van der Waals surface area contributed by atoms with Crippen molar-refractivity contribution in [2.24, 2.45) is 5.92 Å². The van der Waals surface area contributed by atoms with Crippen molar-refractivity contribution >= 4 is 0 Å². The zero-order valence-electron chi connectivity index (χ0n) is 11.5. The van der Waals surface area contributed by atoms with Crippen molar-refractivity contribution in [2.75, 3.05) is 6.61 Å². The maximum absolute atomic E-state index is 9.72. The molecule has 1 aromatic heterocycles. The lowest BCUT2D eigenvalue weighted by atomic mass is 9.77. The van der Waals surface area contributed by atoms with Crippen LogP contribution in [-0.4, -0.2) is 26.8 Å². The molecule has 0 saturated heterocycles. The standard InChI is InChI=1S/C14H25N3O/c1-3-17-8-7-15-13(17)10-16-14(11-18)6-4-5-12(2)9-14/h7-8,12,16,18H,3-6,9-11H2,1-2H3. The molecule has 0 amide bonds. The van der Waals surface area contributed by atoms with E-state index in [9.17, 15) is 5.11 Å². The van der Waals surface area contributed by atoms with E-state index >= 15 is 0 Å². The second-order valence-electron chi connectivity index (χ2n) is 5.62. The van der Waals surface area contributed by atoms with E-state index in [2.05, 4.69) is 28.7 Å². The summed E-state index contributed by atoms with van der Waals surface area (Å²) in [7, 11) is 0. The van der Waals surface area contributed by atoms with Crippen molar-refractivity contribution in [2.45, 2.75) is 58.2 Å². The maximum Gasteiger partial charge on any atom is 0.122 e. The molecule has 2 unspecified atom stereocenters. The van der Waals surface area contributed by atoms with Crippen LogP contribution < -0.4 is 5.32 Å². The Morgan fingerprint density at radius 3 is 3.11 bits per heavy atom. The van der Waals surface area contributed by atoms with Crippen LogP contribution >= 0.6 is 0 Å². The third kappa shape index (κ3) is 2.93. The summed E-state index contributed by atoms with van der Waals surface area (Å²) < 4.78 is 2.14. The molecular weight excluding hydrogens is 226 g/mol. The highest BCUT2D eigenvalue weighted by atomic mass is 16.3. The van der Waals surface area contributed by atoms with Gasteiger partial charge in [0.1, 0.15) is 5.82 Å². The summed E-state index contributed by atoms with van der Waals surface area (Å²) in [6, 6.07) is 0. The molecule has 4 nitrogen and oxygen atoms in total. The number of nitrogens with zero attached hydrogens (tertiary/aromatic N) is 2. The summed E-state index contributed by atoms with van der Waals surface area (Å²) in [5.74, 6) is 1.76. The number of hydrogen-bond acceptors (Lipinski definition) is 3. The van der Waals surface area contributed by atoms with E-state index in [4.69, 9.17) is 0 Å². The van der Waals surface area contributed by atoms with Crippen LogP contribution in [0.1, 0.15) is 45.4 Å². The molecule has 2 atom stereocenters. The first-order valence-electron chi connectivity index (χ1n) is 7.05. The maximum atomic E-state index is 9.72. The summed E-state index contributed by atoms with van der Waals surface area (Å²) in [5.41, 5.74) is -0.0951. The van der Waals surface area contributed by atoms with Crippen molar-refractivity contribution in [1.82, 2.24) is 14.9 Å². The first-order valence-corrected chi connectivity index (χ1v) is 7.05. The number of aromatic nitrogens is 2. The van der Waals surface area contributed by atoms with Gasteiger partial charge in [0, 0.05) is 24.5 Å². The van der Waals surface area contributed by atoms with E-state index < -0.39 is 0 Å². The summed E-state index contributed by atoms with van der Waals surface area (Å²) in [4.78, 5) is 4.37. The molecular formula is C14H25N3O. The van der Waals surface area contributed by atoms with Gasteiger partial charge in [0.2, 0.25) is 0 Å². The molecule has 2 rings (SSSR count). The Bertz CT molecular complexity index is 377. The minimum atomic E-state index is -0.0951. The van der Waals surface area contributed by atoms with Crippen molar-refractivity contribution < 1.29 is 5.11 Å². The molecule has 102 valence electrons. The fraction of sp³-hybridized carbons (Fsp3) is 0.786. The number of rotatable bonds is 5. The molecule has 1 saturated carbocycles. The van der Waals surface area contributed by atoms with Gasteiger partial charge in [-0.1, -0.05) is 19.8 Å². The molecule has 0 radical (unpaired) electrons. The average molecular weight is 251 g/mol. The Hall–Kier alpha value is -0.870. The third-order valence-electron chi connectivity index (χ3n) is 4.16. The smallest absolute Gasteiger partial charge is 0.122 e. The molecule has 1 fully saturated rings. The highest BCUT2D eigenvalue weighted by molar-refractivity contribution is 4.97. The largest absolute Gasteiger partial charge is 0.394 e. The molecule has 1 heterocycles. The van der Waals surface area contributed by atoms with E-state index in [0.717, 1.165) is 31.8 Å². The Morgan fingerprint density at radius 2 is 2.44 bits per heavy atom. The van der Waals surface area contributed by atoms with Crippen molar-refractivity contribution in [3.05, 3.63) is 18.2 Å². The van der Waals surface area contributed by atoms with E-state index in [-0.39, 0.29) is 12.1 Å². The second-order valence-corrected chi connectivity index (χ2v) is 5.62. The Balaban J connectivity index is 1.98. The lowest BCUT2D eigenvalue weighted by Gasteiger charge is -2.39. The minimum absolute atomic E-state index is 0.0951. The predicted molar refractivity (Wildman–Crippen MR) is 72.2 cm³/mol. The molecule has 0 bridgehead atoms. The van der Waals surface area contributed by atoms with Crippen molar-refractivity contribution in [3.63, 3.8) is 0 Å². The molecule has 1 aromatic rings. The molecule has 4 heteroatoms. The molecule has 0 spiro atoms. The minimum Gasteiger partial charge on any atom is -0.394 e. The molecule has 1 aliphatic carbocycles. The average Bonchev–Trinajstić information content (AvgIpc) is 2.84. The van der Waals surface area contributed by atoms with Gasteiger partial charge in [-0.3, -0.25) is 0 Å². The van der Waals surface area contributed by atoms with Gasteiger partial charge in [-0.05, 0) is 25.7 Å². The SMILES string of the molecule is CCn1ccnc1CNC1(CO)CCCC(C)C1. The first kappa shape index (κ1) is 13.6. The number of hydrogen-bond donors (Lipinski definition) is 2. The lowest BCUT2D eigenvalue weighted by molar-refractivity contribution is 0.0972. The molecule has 18 heavy (non-hydrogen) atoms. The number of aliphatic hydroxyl groups excluding tert-OH is 1. The van der Waals surface area contributed by atoms with Crippen molar-refractivity contribution in [1.29, 1.82) is 0 Å². The van der Waals surface area contributed by atoms with Crippen LogP contribution in [0.5, 0.6) is 0 Å². The predicted octanol–water partition coefficient (Wildman–Crippen LogP) is 1.93. The molecule has 1 aliphatic rings. The highest BCUT2D eigenvalue weighted by Crippen LogP contribution is 2.32. The highest BCUT2D eigenvalue weighted by Gasteiger charge is 2.33. The third-order valence-corrected chi connectivity index (χ3v) is 4.16. The zero-order valence-corrected chi connectivity index (χ0v) is 11.5. The van der Waals surface area contributed by atoms with E-state index in [1.54, 1.807) is 0 Å². The Kier molecular flexibility index (Phi) is 4.40. The van der Waals surface area contributed by atoms with Gasteiger partial charge in [-0.25, -0.2) is 4.98 Å². The number of aryl methyl sites for hydroxylation is 1. The normalized spacial score (nSPS) is 28.5. The molecule has 0 aliphatic heterocycles. The second kappa shape index (κ2) is 5.85. The summed E-state index contributed by atoms with van der Waals surface area (Å²) in [6.07, 6.45) is 8.47. The van der Waals surface area contributed by atoms with Gasteiger partial charge in [0.15, 0.2) is 0 Å². The number of aliphatic hydroxyl groups is 1. The van der Waals surface area contributed by atoms with E-state index in [1.165, 1.54) is 12.8 Å². The van der Waals surface area contributed by atoms with Crippen LogP contribution in [-0.2, 0) is 13.1 Å². The van der Waals surface area contributed by atoms with Crippen LogP contribution in [0, 0.1) is 5.92 Å². The topological polar surface area (TPSA) is 50.1 Å². The van der Waals surface area contributed by atoms with Gasteiger partial charge >= 0.3 is 0 Å². The number of imidazole rings is 1. The molecule has 2 N–H and O–H groups in total. The molecule has 0 aromatic carbocycles. The van der Waals surface area contributed by atoms with Crippen LogP contribution in [0.25, 0.3) is 0 Å². The van der Waals surface area contributed by atoms with Gasteiger partial charge < -0.3 is 15.0 Å². The van der Waals surface area contributed by atoms with Crippen LogP contribution in [0.15, 0.2) is 12.4 Å². The number of nitrogens with one attached hydrogen (secondary N) is 1. The van der Waals surface area contributed by atoms with Gasteiger partial charge in [0.25, 0.3) is 0 Å². The first-order chi connectivity index (χ1) is 8.69. The van der Waals surface area contributed by atoms with E-state index in [1.807, 2.05) is 12.4 Å². The summed E-state index contributed by atoms with van der Waals surface area (Å²) >= 11 is 0. The summed E-state index contributed by atoms with van der Waals surface area (Å²) in [5, 5.41) is 13.3.